The molecule has 0 spiro atoms. The molecule has 2 unspecified atom stereocenters. The summed E-state index contributed by atoms with van der Waals surface area (Å²) in [4.78, 5) is 27.7. The van der Waals surface area contributed by atoms with Crippen molar-refractivity contribution in [1.82, 2.24) is 4.90 Å². The molecule has 2 amide bonds. The van der Waals surface area contributed by atoms with Crippen molar-refractivity contribution in [3.63, 3.8) is 0 Å². The molecule has 0 radical (unpaired) electrons. The highest BCUT2D eigenvalue weighted by molar-refractivity contribution is 5.98. The highest BCUT2D eigenvalue weighted by atomic mass is 16.5. The molecule has 0 heterocycles. The maximum absolute atomic E-state index is 13.8. The van der Waals surface area contributed by atoms with Crippen LogP contribution in [0.25, 0.3) is 0 Å². The third-order valence-electron chi connectivity index (χ3n) is 6.06. The van der Waals surface area contributed by atoms with E-state index in [4.69, 9.17) is 4.74 Å². The second-order valence-electron chi connectivity index (χ2n) is 9.96. The standard InChI is InChI=1S/C28H40N2O3/c1-8-9-10-17-23(22-16-11-12-18-24(22)33-7)25(28(2,3)4)26(31)29-21-15-13-14-20(19-21)27(32)30(5)6/h11-16,18-19,23,25H,8-10,17H2,1-7H3,(H,29,31). The van der Waals surface area contributed by atoms with Crippen molar-refractivity contribution in [2.45, 2.75) is 59.3 Å². The van der Waals surface area contributed by atoms with Gasteiger partial charge in [0.2, 0.25) is 5.91 Å². The fraction of sp³-hybridized carbons (Fsp3) is 0.500. The summed E-state index contributed by atoms with van der Waals surface area (Å²) in [6, 6.07) is 15.2. The summed E-state index contributed by atoms with van der Waals surface area (Å²) in [5.74, 6) is 0.423. The van der Waals surface area contributed by atoms with E-state index in [-0.39, 0.29) is 29.1 Å². The van der Waals surface area contributed by atoms with Crippen LogP contribution in [-0.4, -0.2) is 37.9 Å². The second kappa shape index (κ2) is 11.9. The number of nitrogens with zero attached hydrogens (tertiary/aromatic N) is 1. The number of benzene rings is 2. The van der Waals surface area contributed by atoms with Crippen molar-refractivity contribution >= 4 is 17.5 Å². The van der Waals surface area contributed by atoms with Crippen LogP contribution in [0, 0.1) is 11.3 Å². The second-order valence-corrected chi connectivity index (χ2v) is 9.96. The van der Waals surface area contributed by atoms with Crippen molar-refractivity contribution in [2.24, 2.45) is 11.3 Å². The molecule has 2 aromatic rings. The van der Waals surface area contributed by atoms with Gasteiger partial charge in [-0.3, -0.25) is 9.59 Å². The smallest absolute Gasteiger partial charge is 0.253 e. The zero-order valence-corrected chi connectivity index (χ0v) is 21.3. The number of carbonyl (C=O) groups excluding carboxylic acids is 2. The molecule has 0 bridgehead atoms. The monoisotopic (exact) mass is 452 g/mol. The average molecular weight is 453 g/mol. The topological polar surface area (TPSA) is 58.6 Å². The van der Waals surface area contributed by atoms with Crippen LogP contribution in [0.4, 0.5) is 5.69 Å². The molecule has 0 saturated heterocycles. The Morgan fingerprint density at radius 1 is 1.03 bits per heavy atom. The van der Waals surface area contributed by atoms with Crippen LogP contribution in [0.3, 0.4) is 0 Å². The minimum absolute atomic E-state index is 0.0132. The van der Waals surface area contributed by atoms with Gasteiger partial charge in [-0.2, -0.15) is 0 Å². The summed E-state index contributed by atoms with van der Waals surface area (Å²) < 4.78 is 5.68. The number of rotatable bonds is 10. The molecule has 2 rings (SSSR count). The Morgan fingerprint density at radius 2 is 1.73 bits per heavy atom. The lowest BCUT2D eigenvalue weighted by atomic mass is 9.68. The highest BCUT2D eigenvalue weighted by Gasteiger charge is 2.39. The number of anilines is 1. The maximum Gasteiger partial charge on any atom is 0.253 e. The van der Waals surface area contributed by atoms with Gasteiger partial charge >= 0.3 is 0 Å². The van der Waals surface area contributed by atoms with Gasteiger partial charge < -0.3 is 15.0 Å². The van der Waals surface area contributed by atoms with E-state index in [1.807, 2.05) is 24.3 Å². The molecular formula is C28H40N2O3. The summed E-state index contributed by atoms with van der Waals surface area (Å²) in [6.45, 7) is 8.54. The van der Waals surface area contributed by atoms with Crippen LogP contribution in [0.15, 0.2) is 48.5 Å². The van der Waals surface area contributed by atoms with Crippen LogP contribution in [0.5, 0.6) is 5.75 Å². The molecule has 2 atom stereocenters. The van der Waals surface area contributed by atoms with Crippen LogP contribution >= 0.6 is 0 Å². The molecular weight excluding hydrogens is 412 g/mol. The zero-order valence-electron chi connectivity index (χ0n) is 21.3. The number of ether oxygens (including phenoxy) is 1. The van der Waals surface area contributed by atoms with E-state index in [0.717, 1.165) is 37.0 Å². The number of nitrogens with one attached hydrogen (secondary N) is 1. The average Bonchev–Trinajstić information content (AvgIpc) is 2.77. The molecule has 0 aliphatic rings. The fourth-order valence-electron chi connectivity index (χ4n) is 4.48. The molecule has 180 valence electrons. The molecule has 2 aromatic carbocycles. The number of para-hydroxylation sites is 1. The van der Waals surface area contributed by atoms with E-state index in [1.165, 1.54) is 4.90 Å². The number of methoxy groups -OCH3 is 1. The Morgan fingerprint density at radius 3 is 2.33 bits per heavy atom. The van der Waals surface area contributed by atoms with Crippen molar-refractivity contribution < 1.29 is 14.3 Å². The molecule has 5 heteroatoms. The molecule has 1 N–H and O–H groups in total. The third-order valence-corrected chi connectivity index (χ3v) is 6.06. The molecule has 0 aliphatic carbocycles. The Kier molecular flexibility index (Phi) is 9.51. The molecule has 0 aliphatic heterocycles. The van der Waals surface area contributed by atoms with E-state index in [0.29, 0.717) is 11.3 Å². The first kappa shape index (κ1) is 26.4. The Hall–Kier alpha value is -2.82. The molecule has 33 heavy (non-hydrogen) atoms. The van der Waals surface area contributed by atoms with Gasteiger partial charge in [-0.1, -0.05) is 71.2 Å². The zero-order chi connectivity index (χ0) is 24.6. The summed E-state index contributed by atoms with van der Waals surface area (Å²) >= 11 is 0. The van der Waals surface area contributed by atoms with E-state index < -0.39 is 0 Å². The minimum atomic E-state index is -0.279. The largest absolute Gasteiger partial charge is 0.496 e. The summed E-state index contributed by atoms with van der Waals surface area (Å²) in [7, 11) is 5.12. The van der Waals surface area contributed by atoms with Crippen molar-refractivity contribution in [3.05, 3.63) is 59.7 Å². The van der Waals surface area contributed by atoms with Crippen molar-refractivity contribution in [3.8, 4) is 5.75 Å². The van der Waals surface area contributed by atoms with Gasteiger partial charge in [-0.25, -0.2) is 0 Å². The first-order valence-electron chi connectivity index (χ1n) is 11.9. The normalized spacial score (nSPS) is 13.2. The number of hydrogen-bond donors (Lipinski definition) is 1. The van der Waals surface area contributed by atoms with Gasteiger partial charge in [0.15, 0.2) is 0 Å². The van der Waals surface area contributed by atoms with Crippen LogP contribution in [0.1, 0.15) is 75.2 Å². The maximum atomic E-state index is 13.8. The lowest BCUT2D eigenvalue weighted by Crippen LogP contribution is -2.38. The first-order chi connectivity index (χ1) is 15.6. The highest BCUT2D eigenvalue weighted by Crippen LogP contribution is 2.44. The summed E-state index contributed by atoms with van der Waals surface area (Å²) in [5, 5.41) is 3.11. The Balaban J connectivity index is 2.43. The number of carbonyl (C=O) groups is 2. The van der Waals surface area contributed by atoms with Crippen LogP contribution in [0.2, 0.25) is 0 Å². The first-order valence-corrected chi connectivity index (χ1v) is 11.9. The predicted molar refractivity (Wildman–Crippen MR) is 136 cm³/mol. The number of unbranched alkanes of at least 4 members (excludes halogenated alkanes) is 2. The van der Waals surface area contributed by atoms with E-state index in [2.05, 4.69) is 39.1 Å². The molecule has 0 aromatic heterocycles. The van der Waals surface area contributed by atoms with E-state index in [1.54, 1.807) is 39.4 Å². The number of amides is 2. The van der Waals surface area contributed by atoms with Gasteiger partial charge in [0.25, 0.3) is 5.91 Å². The van der Waals surface area contributed by atoms with E-state index in [9.17, 15) is 9.59 Å². The quantitative estimate of drug-likeness (QED) is 0.427. The van der Waals surface area contributed by atoms with Crippen LogP contribution < -0.4 is 10.1 Å². The van der Waals surface area contributed by atoms with Crippen molar-refractivity contribution in [1.29, 1.82) is 0 Å². The fourth-order valence-corrected chi connectivity index (χ4v) is 4.48. The Bertz CT molecular complexity index is 931. The minimum Gasteiger partial charge on any atom is -0.496 e. The van der Waals surface area contributed by atoms with Crippen LogP contribution in [-0.2, 0) is 4.79 Å². The summed E-state index contributed by atoms with van der Waals surface area (Å²) in [6.07, 6.45) is 4.20. The molecule has 0 saturated carbocycles. The van der Waals surface area contributed by atoms with Crippen molar-refractivity contribution in [2.75, 3.05) is 26.5 Å². The predicted octanol–water partition coefficient (Wildman–Crippen LogP) is 6.36. The van der Waals surface area contributed by atoms with Gasteiger partial charge in [-0.05, 0) is 47.6 Å². The van der Waals surface area contributed by atoms with Gasteiger partial charge in [0.05, 0.1) is 13.0 Å². The third kappa shape index (κ3) is 7.08. The molecule has 5 nitrogen and oxygen atoms in total. The van der Waals surface area contributed by atoms with Gasteiger partial charge in [-0.15, -0.1) is 0 Å². The lowest BCUT2D eigenvalue weighted by Gasteiger charge is -2.37. The van der Waals surface area contributed by atoms with Gasteiger partial charge in [0, 0.05) is 25.3 Å². The van der Waals surface area contributed by atoms with Gasteiger partial charge in [0.1, 0.15) is 5.75 Å². The summed E-state index contributed by atoms with van der Waals surface area (Å²) in [5.41, 5.74) is 1.98. The lowest BCUT2D eigenvalue weighted by molar-refractivity contribution is -0.124. The number of hydrogen-bond acceptors (Lipinski definition) is 3. The SMILES string of the molecule is CCCCCC(c1ccccc1OC)C(C(=O)Nc1cccc(C(=O)N(C)C)c1)C(C)(C)C. The van der Waals surface area contributed by atoms with E-state index >= 15 is 0 Å². The Labute approximate surface area is 199 Å². The molecule has 0 fully saturated rings.